The van der Waals surface area contributed by atoms with Crippen LogP contribution in [0.2, 0.25) is 0 Å². The molecule has 5 heteroatoms. The van der Waals surface area contributed by atoms with Gasteiger partial charge in [0, 0.05) is 13.5 Å². The Hall–Kier alpha value is -2.04. The molecule has 0 atom stereocenters. The van der Waals surface area contributed by atoms with E-state index in [9.17, 15) is 9.59 Å². The van der Waals surface area contributed by atoms with Crippen molar-refractivity contribution in [2.45, 2.75) is 32.9 Å². The summed E-state index contributed by atoms with van der Waals surface area (Å²) in [5, 5.41) is 5.36. The predicted octanol–water partition coefficient (Wildman–Crippen LogP) is 1.83. The van der Waals surface area contributed by atoms with E-state index in [-0.39, 0.29) is 12.5 Å². The molecule has 2 amide bonds. The van der Waals surface area contributed by atoms with E-state index >= 15 is 0 Å². The van der Waals surface area contributed by atoms with Crippen molar-refractivity contribution in [2.24, 2.45) is 0 Å². The second kappa shape index (κ2) is 6.78. The van der Waals surface area contributed by atoms with Crippen LogP contribution in [0.25, 0.3) is 0 Å². The number of amides is 2. The van der Waals surface area contributed by atoms with Crippen molar-refractivity contribution in [3.8, 4) is 0 Å². The van der Waals surface area contributed by atoms with Crippen molar-refractivity contribution in [2.75, 3.05) is 6.54 Å². The zero-order valence-corrected chi connectivity index (χ0v) is 11.5. The fourth-order valence-corrected chi connectivity index (χ4v) is 1.59. The van der Waals surface area contributed by atoms with E-state index in [0.717, 1.165) is 5.56 Å². The van der Waals surface area contributed by atoms with Crippen LogP contribution in [0.1, 0.15) is 26.3 Å². The van der Waals surface area contributed by atoms with Crippen LogP contribution in [0.3, 0.4) is 0 Å². The lowest BCUT2D eigenvalue weighted by molar-refractivity contribution is -0.120. The van der Waals surface area contributed by atoms with Crippen molar-refractivity contribution < 1.29 is 14.3 Å². The average Bonchev–Trinajstić information content (AvgIpc) is 2.34. The van der Waals surface area contributed by atoms with Crippen LogP contribution < -0.4 is 10.6 Å². The number of carbonyl (C=O) groups excluding carboxylic acids is 2. The van der Waals surface area contributed by atoms with Gasteiger partial charge in [0.05, 0.1) is 5.54 Å². The average molecular weight is 264 g/mol. The van der Waals surface area contributed by atoms with Gasteiger partial charge >= 0.3 is 6.09 Å². The molecule has 0 heterocycles. The first kappa shape index (κ1) is 15.0. The molecule has 0 fully saturated rings. The molecule has 0 aliphatic carbocycles. The molecule has 0 radical (unpaired) electrons. The van der Waals surface area contributed by atoms with E-state index in [4.69, 9.17) is 4.74 Å². The molecule has 0 aliphatic heterocycles. The smallest absolute Gasteiger partial charge is 0.407 e. The third kappa shape index (κ3) is 6.45. The van der Waals surface area contributed by atoms with Gasteiger partial charge in [-0.3, -0.25) is 4.79 Å². The first-order valence-corrected chi connectivity index (χ1v) is 6.12. The fourth-order valence-electron chi connectivity index (χ4n) is 1.59. The Morgan fingerprint density at radius 2 is 1.84 bits per heavy atom. The molecule has 104 valence electrons. The van der Waals surface area contributed by atoms with Crippen LogP contribution in [0.15, 0.2) is 30.3 Å². The highest BCUT2D eigenvalue weighted by Crippen LogP contribution is 2.02. The summed E-state index contributed by atoms with van der Waals surface area (Å²) in [5.74, 6) is -0.135. The molecule has 0 aromatic heterocycles. The van der Waals surface area contributed by atoms with E-state index in [1.165, 1.54) is 6.92 Å². The first-order valence-electron chi connectivity index (χ1n) is 6.12. The molecule has 2 N–H and O–H groups in total. The highest BCUT2D eigenvalue weighted by atomic mass is 16.5. The Balaban J connectivity index is 2.30. The van der Waals surface area contributed by atoms with Gasteiger partial charge in [-0.25, -0.2) is 4.79 Å². The number of carbonyl (C=O) groups is 2. The van der Waals surface area contributed by atoms with Crippen molar-refractivity contribution in [1.82, 2.24) is 10.6 Å². The van der Waals surface area contributed by atoms with Crippen LogP contribution in [0.5, 0.6) is 0 Å². The Morgan fingerprint density at radius 1 is 1.21 bits per heavy atom. The Kier molecular flexibility index (Phi) is 5.36. The van der Waals surface area contributed by atoms with Crippen molar-refractivity contribution in [1.29, 1.82) is 0 Å². The number of hydrogen-bond donors (Lipinski definition) is 2. The largest absolute Gasteiger partial charge is 0.445 e. The number of benzene rings is 1. The normalized spacial score (nSPS) is 10.7. The minimum atomic E-state index is -0.502. The van der Waals surface area contributed by atoms with Gasteiger partial charge in [-0.05, 0) is 19.4 Å². The SMILES string of the molecule is CC(=O)NC(C)(C)CNC(=O)OCc1ccccc1. The molecule has 1 aromatic rings. The molecule has 1 aromatic carbocycles. The van der Waals surface area contributed by atoms with Gasteiger partial charge in [0.2, 0.25) is 5.91 Å². The number of nitrogens with one attached hydrogen (secondary N) is 2. The second-order valence-corrected chi connectivity index (χ2v) is 4.98. The van der Waals surface area contributed by atoms with E-state index in [0.29, 0.717) is 6.54 Å². The minimum absolute atomic E-state index is 0.135. The molecule has 5 nitrogen and oxygen atoms in total. The summed E-state index contributed by atoms with van der Waals surface area (Å²) in [6, 6.07) is 9.44. The number of rotatable bonds is 5. The summed E-state index contributed by atoms with van der Waals surface area (Å²) in [4.78, 5) is 22.5. The van der Waals surface area contributed by atoms with Crippen molar-refractivity contribution >= 4 is 12.0 Å². The van der Waals surface area contributed by atoms with Crippen LogP contribution in [-0.2, 0) is 16.1 Å². The Labute approximate surface area is 113 Å². The van der Waals surface area contributed by atoms with Crippen LogP contribution >= 0.6 is 0 Å². The lowest BCUT2D eigenvalue weighted by Gasteiger charge is -2.25. The van der Waals surface area contributed by atoms with Crippen LogP contribution in [0.4, 0.5) is 4.79 Å². The van der Waals surface area contributed by atoms with E-state index in [1.807, 2.05) is 44.2 Å². The van der Waals surface area contributed by atoms with E-state index in [2.05, 4.69) is 10.6 Å². The summed E-state index contributed by atoms with van der Waals surface area (Å²) in [6.45, 7) is 5.63. The molecule has 0 aliphatic rings. The molecule has 0 saturated carbocycles. The Bertz CT molecular complexity index is 430. The van der Waals surface area contributed by atoms with Gasteiger partial charge in [-0.15, -0.1) is 0 Å². The monoisotopic (exact) mass is 264 g/mol. The van der Waals surface area contributed by atoms with Gasteiger partial charge < -0.3 is 15.4 Å². The maximum Gasteiger partial charge on any atom is 0.407 e. The summed E-state index contributed by atoms with van der Waals surface area (Å²) in [6.07, 6.45) is -0.498. The number of ether oxygens (including phenoxy) is 1. The molecule has 1 rings (SSSR count). The van der Waals surface area contributed by atoms with Gasteiger partial charge in [-0.2, -0.15) is 0 Å². The molecule has 0 unspecified atom stereocenters. The molecular weight excluding hydrogens is 244 g/mol. The van der Waals surface area contributed by atoms with Gasteiger partial charge in [-0.1, -0.05) is 30.3 Å². The van der Waals surface area contributed by atoms with E-state index < -0.39 is 11.6 Å². The topological polar surface area (TPSA) is 67.4 Å². The van der Waals surface area contributed by atoms with Crippen LogP contribution in [0, 0.1) is 0 Å². The van der Waals surface area contributed by atoms with Crippen molar-refractivity contribution in [3.63, 3.8) is 0 Å². The molecule has 19 heavy (non-hydrogen) atoms. The van der Waals surface area contributed by atoms with Gasteiger partial charge in [0.25, 0.3) is 0 Å². The highest BCUT2D eigenvalue weighted by molar-refractivity contribution is 5.74. The molecule has 0 bridgehead atoms. The third-order valence-corrected chi connectivity index (χ3v) is 2.40. The summed E-state index contributed by atoms with van der Waals surface area (Å²) in [7, 11) is 0. The molecular formula is C14H20N2O3. The summed E-state index contributed by atoms with van der Waals surface area (Å²) in [5.41, 5.74) is 0.427. The standard InChI is InChI=1S/C14H20N2O3/c1-11(17)16-14(2,3)10-15-13(18)19-9-12-7-5-4-6-8-12/h4-8H,9-10H2,1-3H3,(H,15,18)(H,16,17). The first-order chi connectivity index (χ1) is 8.89. The van der Waals surface area contributed by atoms with Gasteiger partial charge in [0.15, 0.2) is 0 Å². The van der Waals surface area contributed by atoms with Gasteiger partial charge in [0.1, 0.15) is 6.61 Å². The molecule has 0 spiro atoms. The Morgan fingerprint density at radius 3 is 2.42 bits per heavy atom. The minimum Gasteiger partial charge on any atom is -0.445 e. The van der Waals surface area contributed by atoms with Crippen molar-refractivity contribution in [3.05, 3.63) is 35.9 Å². The quantitative estimate of drug-likeness (QED) is 0.852. The summed E-state index contributed by atoms with van der Waals surface area (Å²) >= 11 is 0. The zero-order chi connectivity index (χ0) is 14.3. The summed E-state index contributed by atoms with van der Waals surface area (Å²) < 4.78 is 5.07. The highest BCUT2D eigenvalue weighted by Gasteiger charge is 2.19. The fraction of sp³-hybridized carbons (Fsp3) is 0.429. The van der Waals surface area contributed by atoms with E-state index in [1.54, 1.807) is 0 Å². The second-order valence-electron chi connectivity index (χ2n) is 4.98. The predicted molar refractivity (Wildman–Crippen MR) is 72.5 cm³/mol. The number of alkyl carbamates (subject to hydrolysis) is 1. The molecule has 0 saturated heterocycles. The van der Waals surface area contributed by atoms with Crippen LogP contribution in [-0.4, -0.2) is 24.1 Å². The maximum atomic E-state index is 11.5. The maximum absolute atomic E-state index is 11.5. The third-order valence-electron chi connectivity index (χ3n) is 2.40. The zero-order valence-electron chi connectivity index (χ0n) is 11.5. The number of hydrogen-bond acceptors (Lipinski definition) is 3. The lowest BCUT2D eigenvalue weighted by atomic mass is 10.1. The lowest BCUT2D eigenvalue weighted by Crippen LogP contribution is -2.50.